The molecule has 2 bridgehead atoms. The highest BCUT2D eigenvalue weighted by Gasteiger charge is 2.50. The topological polar surface area (TPSA) is 60.6 Å². The number of benzene rings is 1. The highest BCUT2D eigenvalue weighted by molar-refractivity contribution is 5.35. The van der Waals surface area contributed by atoms with Crippen LogP contribution in [0.15, 0.2) is 36.8 Å². The monoisotopic (exact) mass is 434 g/mol. The SMILES string of the molecule is Cc1cn(C23CCC(Nc4nc5n(n4)CCCC[C@@H]5c4ccccc4F)(CC2)CC3)cn1. The van der Waals surface area contributed by atoms with Crippen LogP contribution in [0.25, 0.3) is 0 Å². The van der Waals surface area contributed by atoms with Gasteiger partial charge >= 0.3 is 0 Å². The molecule has 3 saturated carbocycles. The summed E-state index contributed by atoms with van der Waals surface area (Å²) < 4.78 is 19.0. The number of halogens is 1. The summed E-state index contributed by atoms with van der Waals surface area (Å²) in [7, 11) is 0. The number of hydrogen-bond donors (Lipinski definition) is 1. The third-order valence-corrected chi connectivity index (χ3v) is 8.25. The summed E-state index contributed by atoms with van der Waals surface area (Å²) in [6.07, 6.45) is 14.0. The Bertz CT molecular complexity index is 1110. The summed E-state index contributed by atoms with van der Waals surface area (Å²) in [5.74, 6) is 1.44. The molecule has 3 fully saturated rings. The van der Waals surface area contributed by atoms with E-state index >= 15 is 0 Å². The van der Waals surface area contributed by atoms with Crippen molar-refractivity contribution >= 4 is 5.95 Å². The summed E-state index contributed by atoms with van der Waals surface area (Å²) in [5, 5.41) is 8.61. The Morgan fingerprint density at radius 1 is 1.06 bits per heavy atom. The molecule has 3 heterocycles. The molecule has 1 N–H and O–H groups in total. The van der Waals surface area contributed by atoms with Crippen molar-refractivity contribution in [2.45, 2.75) is 88.3 Å². The number of hydrogen-bond acceptors (Lipinski definition) is 4. The summed E-state index contributed by atoms with van der Waals surface area (Å²) in [6, 6.07) is 7.12. The highest BCUT2D eigenvalue weighted by Crippen LogP contribution is 2.52. The zero-order valence-corrected chi connectivity index (χ0v) is 18.7. The van der Waals surface area contributed by atoms with Gasteiger partial charge in [-0.1, -0.05) is 24.6 Å². The second-order valence-electron chi connectivity index (χ2n) is 10.1. The van der Waals surface area contributed by atoms with Crippen LogP contribution in [-0.4, -0.2) is 29.9 Å². The van der Waals surface area contributed by atoms with E-state index in [1.54, 1.807) is 12.1 Å². The number of imidazole rings is 1. The summed E-state index contributed by atoms with van der Waals surface area (Å²) in [6.45, 7) is 2.92. The minimum Gasteiger partial charge on any atom is -0.347 e. The number of rotatable bonds is 4. The minimum atomic E-state index is -0.146. The van der Waals surface area contributed by atoms with Gasteiger partial charge in [-0.05, 0) is 69.9 Å². The van der Waals surface area contributed by atoms with Gasteiger partial charge in [-0.15, -0.1) is 5.10 Å². The molecule has 6 nitrogen and oxygen atoms in total. The minimum absolute atomic E-state index is 0.0332. The molecule has 1 atom stereocenters. The number of fused-ring (bicyclic) bond motifs is 4. The van der Waals surface area contributed by atoms with Crippen LogP contribution in [-0.2, 0) is 12.1 Å². The average molecular weight is 435 g/mol. The molecule has 7 heteroatoms. The molecule has 0 saturated heterocycles. The number of aromatic nitrogens is 5. The average Bonchev–Trinajstić information content (AvgIpc) is 3.37. The third-order valence-electron chi connectivity index (χ3n) is 8.25. The van der Waals surface area contributed by atoms with Gasteiger partial charge in [-0.2, -0.15) is 4.98 Å². The summed E-state index contributed by atoms with van der Waals surface area (Å²) in [4.78, 5) is 9.42. The molecule has 1 aliphatic heterocycles. The Balaban J connectivity index is 1.24. The van der Waals surface area contributed by atoms with Crippen LogP contribution in [0.3, 0.4) is 0 Å². The first kappa shape index (κ1) is 19.9. The summed E-state index contributed by atoms with van der Waals surface area (Å²) >= 11 is 0. The zero-order valence-electron chi connectivity index (χ0n) is 18.7. The van der Waals surface area contributed by atoms with E-state index in [4.69, 9.17) is 10.1 Å². The molecule has 3 aliphatic carbocycles. The van der Waals surface area contributed by atoms with Crippen LogP contribution in [0, 0.1) is 12.7 Å². The molecule has 168 valence electrons. The highest BCUT2D eigenvalue weighted by atomic mass is 19.1. The van der Waals surface area contributed by atoms with Gasteiger partial charge in [-0.25, -0.2) is 14.1 Å². The molecule has 2 aromatic heterocycles. The molecule has 3 aromatic rings. The second-order valence-corrected chi connectivity index (χ2v) is 10.1. The fourth-order valence-electron chi connectivity index (χ4n) is 6.28. The summed E-state index contributed by atoms with van der Waals surface area (Å²) in [5.41, 5.74) is 2.12. The predicted molar refractivity (Wildman–Crippen MR) is 121 cm³/mol. The largest absolute Gasteiger partial charge is 0.347 e. The maximum Gasteiger partial charge on any atom is 0.242 e. The van der Waals surface area contributed by atoms with E-state index < -0.39 is 0 Å². The molecule has 1 aromatic carbocycles. The lowest BCUT2D eigenvalue weighted by Gasteiger charge is -2.54. The quantitative estimate of drug-likeness (QED) is 0.617. The van der Waals surface area contributed by atoms with Gasteiger partial charge in [0, 0.05) is 29.7 Å². The molecule has 32 heavy (non-hydrogen) atoms. The smallest absolute Gasteiger partial charge is 0.242 e. The van der Waals surface area contributed by atoms with Gasteiger partial charge < -0.3 is 9.88 Å². The normalized spacial score (nSPS) is 29.5. The lowest BCUT2D eigenvalue weighted by molar-refractivity contribution is 0.0638. The van der Waals surface area contributed by atoms with Crippen molar-refractivity contribution in [3.05, 3.63) is 59.7 Å². The standard InChI is InChI=1S/C25H31FN6/c1-18-16-31(17-27-18)25-12-9-24(10-13-25,11-14-25)29-23-28-22-20(7-4-5-15-32(22)30-23)19-6-2-3-8-21(19)26/h2-3,6,8,16-17,20H,4-5,7,9-15H2,1H3,(H,29,30)/t20-,24?,25?/m1/s1. The van der Waals surface area contributed by atoms with Crippen molar-refractivity contribution < 1.29 is 4.39 Å². The fourth-order valence-corrected chi connectivity index (χ4v) is 6.28. The van der Waals surface area contributed by atoms with Gasteiger partial charge in [0.25, 0.3) is 0 Å². The molecule has 0 amide bonds. The van der Waals surface area contributed by atoms with Gasteiger partial charge in [0.05, 0.1) is 12.0 Å². The van der Waals surface area contributed by atoms with Crippen LogP contribution in [0.2, 0.25) is 0 Å². The van der Waals surface area contributed by atoms with Gasteiger partial charge in [0.1, 0.15) is 11.6 Å². The van der Waals surface area contributed by atoms with E-state index in [2.05, 4.69) is 28.0 Å². The molecular weight excluding hydrogens is 403 g/mol. The van der Waals surface area contributed by atoms with Crippen LogP contribution in [0.1, 0.15) is 80.8 Å². The second kappa shape index (κ2) is 7.42. The Hall–Kier alpha value is -2.70. The molecule has 7 rings (SSSR count). The van der Waals surface area contributed by atoms with Crippen LogP contribution in [0.5, 0.6) is 0 Å². The molecule has 0 radical (unpaired) electrons. The number of nitrogens with one attached hydrogen (secondary N) is 1. The van der Waals surface area contributed by atoms with Crippen LogP contribution in [0.4, 0.5) is 10.3 Å². The van der Waals surface area contributed by atoms with Crippen molar-refractivity contribution in [3.63, 3.8) is 0 Å². The van der Waals surface area contributed by atoms with E-state index in [1.165, 1.54) is 0 Å². The fraction of sp³-hybridized carbons (Fsp3) is 0.560. The Kier molecular flexibility index (Phi) is 4.63. The lowest BCUT2D eigenvalue weighted by atomic mass is 9.61. The van der Waals surface area contributed by atoms with Gasteiger partial charge in [0.15, 0.2) is 0 Å². The van der Waals surface area contributed by atoms with E-state index in [1.807, 2.05) is 23.1 Å². The zero-order chi connectivity index (χ0) is 21.8. The van der Waals surface area contributed by atoms with Crippen molar-refractivity contribution in [3.8, 4) is 0 Å². The van der Waals surface area contributed by atoms with Crippen molar-refractivity contribution in [1.29, 1.82) is 0 Å². The maximum atomic E-state index is 14.6. The first-order chi connectivity index (χ1) is 15.6. The maximum absolute atomic E-state index is 14.6. The van der Waals surface area contributed by atoms with E-state index in [0.717, 1.165) is 87.4 Å². The number of aryl methyl sites for hydroxylation is 2. The van der Waals surface area contributed by atoms with E-state index in [-0.39, 0.29) is 22.8 Å². The number of nitrogens with zero attached hydrogens (tertiary/aromatic N) is 5. The first-order valence-corrected chi connectivity index (χ1v) is 12.0. The van der Waals surface area contributed by atoms with Crippen molar-refractivity contribution in [1.82, 2.24) is 24.3 Å². The van der Waals surface area contributed by atoms with Gasteiger partial charge in [0.2, 0.25) is 5.95 Å². The third kappa shape index (κ3) is 3.24. The van der Waals surface area contributed by atoms with Crippen molar-refractivity contribution in [2.75, 3.05) is 5.32 Å². The van der Waals surface area contributed by atoms with E-state index in [9.17, 15) is 4.39 Å². The molecular formula is C25H31FN6. The Morgan fingerprint density at radius 2 is 1.84 bits per heavy atom. The Labute approximate surface area is 188 Å². The molecule has 0 unspecified atom stereocenters. The van der Waals surface area contributed by atoms with E-state index in [0.29, 0.717) is 0 Å². The first-order valence-electron chi connectivity index (χ1n) is 12.0. The lowest BCUT2D eigenvalue weighted by Crippen LogP contribution is -2.54. The van der Waals surface area contributed by atoms with Crippen LogP contribution >= 0.6 is 0 Å². The molecule has 4 aliphatic rings. The number of anilines is 1. The Morgan fingerprint density at radius 3 is 2.56 bits per heavy atom. The van der Waals surface area contributed by atoms with Crippen LogP contribution < -0.4 is 5.32 Å². The van der Waals surface area contributed by atoms with Gasteiger partial charge in [-0.3, -0.25) is 0 Å². The molecule has 0 spiro atoms. The van der Waals surface area contributed by atoms with Crippen molar-refractivity contribution in [2.24, 2.45) is 0 Å². The predicted octanol–water partition coefficient (Wildman–Crippen LogP) is 5.15.